The van der Waals surface area contributed by atoms with Crippen LogP contribution >= 0.6 is 0 Å². The number of anilines is 1. The molecule has 1 saturated heterocycles. The maximum absolute atomic E-state index is 5.59. The Kier molecular flexibility index (Phi) is 5.20. The molecular formula is C13H21N3O2. The lowest BCUT2D eigenvalue weighted by Crippen LogP contribution is -2.08. The summed E-state index contributed by atoms with van der Waals surface area (Å²) in [7, 11) is 1.60. The normalized spacial score (nSPS) is 18.8. The molecule has 1 N–H and O–H groups in total. The van der Waals surface area contributed by atoms with Gasteiger partial charge in [-0.15, -0.1) is 0 Å². The minimum Gasteiger partial charge on any atom is -0.478 e. The zero-order valence-electron chi connectivity index (χ0n) is 10.9. The first-order valence-electron chi connectivity index (χ1n) is 6.60. The van der Waals surface area contributed by atoms with E-state index in [1.54, 1.807) is 19.5 Å². The Morgan fingerprint density at radius 1 is 1.39 bits per heavy atom. The molecule has 0 bridgehead atoms. The molecule has 100 valence electrons. The molecule has 0 aromatic carbocycles. The first-order chi connectivity index (χ1) is 8.90. The van der Waals surface area contributed by atoms with Gasteiger partial charge in [-0.05, 0) is 32.1 Å². The van der Waals surface area contributed by atoms with E-state index in [0.29, 0.717) is 12.0 Å². The smallest absolute Gasteiger partial charge is 0.257 e. The van der Waals surface area contributed by atoms with Crippen LogP contribution in [0.25, 0.3) is 0 Å². The van der Waals surface area contributed by atoms with Crippen molar-refractivity contribution in [2.75, 3.05) is 25.6 Å². The number of aromatic nitrogens is 2. The fraction of sp³-hybridized carbons (Fsp3) is 0.692. The van der Waals surface area contributed by atoms with Crippen LogP contribution in [0.4, 0.5) is 5.82 Å². The second-order valence-corrected chi connectivity index (χ2v) is 4.47. The number of rotatable bonds is 7. The molecule has 1 aliphatic rings. The number of hydrogen-bond donors (Lipinski definition) is 1. The third-order valence-electron chi connectivity index (χ3n) is 3.13. The summed E-state index contributed by atoms with van der Waals surface area (Å²) in [4.78, 5) is 8.29. The van der Waals surface area contributed by atoms with Crippen molar-refractivity contribution in [3.63, 3.8) is 0 Å². The molecule has 0 saturated carbocycles. The van der Waals surface area contributed by atoms with Crippen molar-refractivity contribution in [3.05, 3.63) is 12.4 Å². The van der Waals surface area contributed by atoms with Crippen LogP contribution in [0, 0.1) is 0 Å². The predicted molar refractivity (Wildman–Crippen MR) is 69.9 cm³/mol. The molecular weight excluding hydrogens is 230 g/mol. The highest BCUT2D eigenvalue weighted by molar-refractivity contribution is 5.44. The third-order valence-corrected chi connectivity index (χ3v) is 3.13. The molecule has 0 aliphatic carbocycles. The average Bonchev–Trinajstić information content (AvgIpc) is 2.92. The van der Waals surface area contributed by atoms with Crippen LogP contribution in [0.1, 0.15) is 32.1 Å². The van der Waals surface area contributed by atoms with Gasteiger partial charge in [0.2, 0.25) is 0 Å². The SMILES string of the molecule is COc1nccnc1NCCCCC1CCCO1. The summed E-state index contributed by atoms with van der Waals surface area (Å²) in [6.07, 6.45) is 9.69. The molecule has 5 heteroatoms. The second kappa shape index (κ2) is 7.16. The molecule has 2 rings (SSSR count). The van der Waals surface area contributed by atoms with E-state index in [1.165, 1.54) is 25.7 Å². The molecule has 1 fully saturated rings. The van der Waals surface area contributed by atoms with E-state index in [2.05, 4.69) is 15.3 Å². The van der Waals surface area contributed by atoms with Gasteiger partial charge in [0.1, 0.15) is 0 Å². The van der Waals surface area contributed by atoms with Crippen molar-refractivity contribution >= 4 is 5.82 Å². The quantitative estimate of drug-likeness (QED) is 0.753. The molecule has 0 amide bonds. The summed E-state index contributed by atoms with van der Waals surface area (Å²) in [6, 6.07) is 0. The Labute approximate surface area is 108 Å². The average molecular weight is 251 g/mol. The van der Waals surface area contributed by atoms with Crippen LogP contribution in [-0.4, -0.2) is 36.3 Å². The standard InChI is InChI=1S/C13H21N3O2/c1-17-13-12(15-8-9-16-13)14-7-3-2-5-11-6-4-10-18-11/h8-9,11H,2-7,10H2,1H3,(H,14,15). The molecule has 1 unspecified atom stereocenters. The molecule has 2 heterocycles. The van der Waals surface area contributed by atoms with Crippen molar-refractivity contribution in [1.82, 2.24) is 9.97 Å². The minimum atomic E-state index is 0.496. The highest BCUT2D eigenvalue weighted by Gasteiger charge is 2.14. The van der Waals surface area contributed by atoms with Gasteiger partial charge in [0.15, 0.2) is 5.82 Å². The van der Waals surface area contributed by atoms with Crippen LogP contribution in [-0.2, 0) is 4.74 Å². The Balaban J connectivity index is 1.62. The monoisotopic (exact) mass is 251 g/mol. The number of methoxy groups -OCH3 is 1. The molecule has 1 aliphatic heterocycles. The zero-order chi connectivity index (χ0) is 12.6. The lowest BCUT2D eigenvalue weighted by molar-refractivity contribution is 0.102. The van der Waals surface area contributed by atoms with Gasteiger partial charge < -0.3 is 14.8 Å². The van der Waals surface area contributed by atoms with E-state index >= 15 is 0 Å². The fourth-order valence-corrected chi connectivity index (χ4v) is 2.17. The molecule has 1 aromatic heterocycles. The van der Waals surface area contributed by atoms with Crippen molar-refractivity contribution in [3.8, 4) is 5.88 Å². The van der Waals surface area contributed by atoms with Gasteiger partial charge in [-0.25, -0.2) is 9.97 Å². The van der Waals surface area contributed by atoms with Gasteiger partial charge >= 0.3 is 0 Å². The van der Waals surface area contributed by atoms with E-state index < -0.39 is 0 Å². The Morgan fingerprint density at radius 2 is 2.28 bits per heavy atom. The summed E-state index contributed by atoms with van der Waals surface area (Å²) in [5.74, 6) is 1.27. The van der Waals surface area contributed by atoms with Gasteiger partial charge in [0.05, 0.1) is 13.2 Å². The van der Waals surface area contributed by atoms with Crippen LogP contribution in [0.5, 0.6) is 5.88 Å². The highest BCUT2D eigenvalue weighted by atomic mass is 16.5. The van der Waals surface area contributed by atoms with E-state index in [-0.39, 0.29) is 0 Å². The summed E-state index contributed by atoms with van der Waals surface area (Å²) >= 11 is 0. The number of ether oxygens (including phenoxy) is 2. The topological polar surface area (TPSA) is 56.3 Å². The van der Waals surface area contributed by atoms with Gasteiger partial charge in [-0.1, -0.05) is 0 Å². The van der Waals surface area contributed by atoms with E-state index in [1.807, 2.05) is 0 Å². The van der Waals surface area contributed by atoms with E-state index in [0.717, 1.165) is 25.4 Å². The van der Waals surface area contributed by atoms with Gasteiger partial charge in [-0.3, -0.25) is 0 Å². The lowest BCUT2D eigenvalue weighted by Gasteiger charge is -2.10. The van der Waals surface area contributed by atoms with Gasteiger partial charge in [0, 0.05) is 25.5 Å². The summed E-state index contributed by atoms with van der Waals surface area (Å²) in [6.45, 7) is 1.83. The fourth-order valence-electron chi connectivity index (χ4n) is 2.17. The summed E-state index contributed by atoms with van der Waals surface area (Å²) in [5.41, 5.74) is 0. The number of nitrogens with one attached hydrogen (secondary N) is 1. The van der Waals surface area contributed by atoms with E-state index in [9.17, 15) is 0 Å². The molecule has 0 radical (unpaired) electrons. The molecule has 1 aromatic rings. The lowest BCUT2D eigenvalue weighted by atomic mass is 10.1. The van der Waals surface area contributed by atoms with Crippen molar-refractivity contribution in [2.24, 2.45) is 0 Å². The third kappa shape index (κ3) is 3.84. The summed E-state index contributed by atoms with van der Waals surface area (Å²) in [5, 5.41) is 3.25. The van der Waals surface area contributed by atoms with Gasteiger partial charge in [0.25, 0.3) is 5.88 Å². The second-order valence-electron chi connectivity index (χ2n) is 4.47. The number of unbranched alkanes of at least 4 members (excludes halogenated alkanes) is 1. The minimum absolute atomic E-state index is 0.496. The van der Waals surface area contributed by atoms with E-state index in [4.69, 9.17) is 9.47 Å². The molecule has 18 heavy (non-hydrogen) atoms. The van der Waals surface area contributed by atoms with Crippen molar-refractivity contribution in [1.29, 1.82) is 0 Å². The van der Waals surface area contributed by atoms with Gasteiger partial charge in [-0.2, -0.15) is 0 Å². The van der Waals surface area contributed by atoms with Crippen LogP contribution in [0.15, 0.2) is 12.4 Å². The first kappa shape index (κ1) is 13.1. The zero-order valence-corrected chi connectivity index (χ0v) is 10.9. The maximum Gasteiger partial charge on any atom is 0.257 e. The molecule has 0 spiro atoms. The summed E-state index contributed by atoms with van der Waals surface area (Å²) < 4.78 is 10.7. The Bertz CT molecular complexity index is 354. The number of nitrogens with zero attached hydrogens (tertiary/aromatic N) is 2. The Morgan fingerprint density at radius 3 is 3.06 bits per heavy atom. The number of hydrogen-bond acceptors (Lipinski definition) is 5. The predicted octanol–water partition coefficient (Wildman–Crippen LogP) is 2.25. The first-order valence-corrected chi connectivity index (χ1v) is 6.60. The van der Waals surface area contributed by atoms with Crippen LogP contribution < -0.4 is 10.1 Å². The highest BCUT2D eigenvalue weighted by Crippen LogP contribution is 2.19. The van der Waals surface area contributed by atoms with Crippen LogP contribution in [0.3, 0.4) is 0 Å². The molecule has 1 atom stereocenters. The molecule has 5 nitrogen and oxygen atoms in total. The van der Waals surface area contributed by atoms with Crippen molar-refractivity contribution in [2.45, 2.75) is 38.2 Å². The van der Waals surface area contributed by atoms with Crippen molar-refractivity contribution < 1.29 is 9.47 Å². The Hall–Kier alpha value is -1.36. The van der Waals surface area contributed by atoms with Crippen LogP contribution in [0.2, 0.25) is 0 Å². The maximum atomic E-state index is 5.59. The largest absolute Gasteiger partial charge is 0.478 e.